The number of hydrogen-bond donors (Lipinski definition) is 1. The molecule has 0 aliphatic carbocycles. The van der Waals surface area contributed by atoms with Crippen LogP contribution in [0.2, 0.25) is 10.0 Å². The van der Waals surface area contributed by atoms with Gasteiger partial charge in [0.2, 0.25) is 5.91 Å². The summed E-state index contributed by atoms with van der Waals surface area (Å²) in [5, 5.41) is 9.24. The van der Waals surface area contributed by atoms with Gasteiger partial charge in [-0.05, 0) is 69.8 Å². The van der Waals surface area contributed by atoms with Gasteiger partial charge in [-0.15, -0.1) is 0 Å². The molecule has 178 valence electrons. The second kappa shape index (κ2) is 9.29. The number of carbonyl (C=O) groups is 1. The number of carbonyl (C=O) groups excluding carboxylic acids is 1. The predicted octanol–water partition coefficient (Wildman–Crippen LogP) is 4.81. The third kappa shape index (κ3) is 4.21. The van der Waals surface area contributed by atoms with E-state index in [1.807, 2.05) is 41.8 Å². The highest BCUT2D eigenvalue weighted by Crippen LogP contribution is 2.32. The molecule has 3 atom stereocenters. The molecular weight excluding hydrogens is 471 g/mol. The van der Waals surface area contributed by atoms with Crippen molar-refractivity contribution in [2.75, 3.05) is 13.1 Å². The Balaban J connectivity index is 1.45. The molecule has 5 rings (SSSR count). The summed E-state index contributed by atoms with van der Waals surface area (Å²) in [6.45, 7) is 7.58. The Hall–Kier alpha value is -2.48. The highest BCUT2D eigenvalue weighted by atomic mass is 35.5. The maximum absolute atomic E-state index is 12.9. The number of nitrogens with zero attached hydrogens (tertiary/aromatic N) is 5. The van der Waals surface area contributed by atoms with Gasteiger partial charge in [-0.3, -0.25) is 4.79 Å². The van der Waals surface area contributed by atoms with Crippen LogP contribution in [-0.2, 0) is 4.79 Å². The highest BCUT2D eigenvalue weighted by Gasteiger charge is 2.32. The van der Waals surface area contributed by atoms with Gasteiger partial charge in [-0.2, -0.15) is 5.10 Å². The molecule has 1 aromatic carbocycles. The molecular formula is C25H28Cl2N6O. The third-order valence-corrected chi connectivity index (χ3v) is 7.47. The topological polar surface area (TPSA) is 75.9 Å². The van der Waals surface area contributed by atoms with Crippen molar-refractivity contribution < 1.29 is 4.79 Å². The molecule has 1 saturated heterocycles. The van der Waals surface area contributed by atoms with E-state index in [0.717, 1.165) is 59.5 Å². The number of nitrogens with one attached hydrogen (secondary N) is 1. The lowest BCUT2D eigenvalue weighted by atomic mass is 9.98. The van der Waals surface area contributed by atoms with Gasteiger partial charge in [-0.25, -0.2) is 14.6 Å². The largest absolute Gasteiger partial charge is 0.335 e. The fourth-order valence-electron chi connectivity index (χ4n) is 4.96. The van der Waals surface area contributed by atoms with Gasteiger partial charge in [0.05, 0.1) is 29.7 Å². The average Bonchev–Trinajstić information content (AvgIpc) is 3.46. The Kier molecular flexibility index (Phi) is 6.35. The molecule has 0 spiro atoms. The minimum absolute atomic E-state index is 0.0490. The van der Waals surface area contributed by atoms with Crippen LogP contribution in [0.25, 0.3) is 16.7 Å². The first-order chi connectivity index (χ1) is 16.3. The summed E-state index contributed by atoms with van der Waals surface area (Å²) in [7, 11) is 0. The fraction of sp³-hybridized carbons (Fsp3) is 0.440. The van der Waals surface area contributed by atoms with Crippen LogP contribution in [0.3, 0.4) is 0 Å². The van der Waals surface area contributed by atoms with E-state index in [-0.39, 0.29) is 24.0 Å². The van der Waals surface area contributed by atoms with Crippen molar-refractivity contribution in [1.82, 2.24) is 30.0 Å². The number of aryl methyl sites for hydroxylation is 1. The van der Waals surface area contributed by atoms with Crippen LogP contribution in [0.5, 0.6) is 0 Å². The Morgan fingerprint density at radius 3 is 2.82 bits per heavy atom. The lowest BCUT2D eigenvalue weighted by Crippen LogP contribution is -2.49. The van der Waals surface area contributed by atoms with Gasteiger partial charge in [0.15, 0.2) is 5.65 Å². The maximum atomic E-state index is 12.9. The molecule has 9 heteroatoms. The molecule has 7 nitrogen and oxygen atoms in total. The highest BCUT2D eigenvalue weighted by molar-refractivity contribution is 6.35. The van der Waals surface area contributed by atoms with Crippen LogP contribution in [0.15, 0.2) is 30.5 Å². The van der Waals surface area contributed by atoms with E-state index in [4.69, 9.17) is 38.3 Å². The SMILES string of the molecule is Cc1nn(C(C)c2ccc(Cl)cc2Cl)c2nc(C3=CCN(C(=O)[C@H]4CCCN4)[C@H](C)C3)cnc12. The first-order valence-corrected chi connectivity index (χ1v) is 12.5. The predicted molar refractivity (Wildman–Crippen MR) is 135 cm³/mol. The molecule has 2 aliphatic rings. The van der Waals surface area contributed by atoms with E-state index >= 15 is 0 Å². The Bertz CT molecular complexity index is 1280. The molecule has 1 N–H and O–H groups in total. The number of amides is 1. The monoisotopic (exact) mass is 498 g/mol. The lowest BCUT2D eigenvalue weighted by Gasteiger charge is -2.34. The standard InChI is InChI=1S/C25H28Cl2N6O/c1-14-11-17(8-10-32(14)25(34)21-5-4-9-28-21)22-13-29-23-15(2)31-33(24(23)30-22)16(3)19-7-6-18(26)12-20(19)27/h6-8,12-14,16,21,28H,4-5,9-11H2,1-3H3/t14-,16?,21-/m1/s1. The zero-order valence-electron chi connectivity index (χ0n) is 19.6. The van der Waals surface area contributed by atoms with E-state index in [1.165, 1.54) is 0 Å². The zero-order chi connectivity index (χ0) is 24.0. The number of fused-ring (bicyclic) bond motifs is 1. The van der Waals surface area contributed by atoms with Crippen LogP contribution in [0.1, 0.15) is 56.1 Å². The summed E-state index contributed by atoms with van der Waals surface area (Å²) >= 11 is 12.6. The van der Waals surface area contributed by atoms with Gasteiger partial charge in [0, 0.05) is 22.6 Å². The smallest absolute Gasteiger partial charge is 0.240 e. The van der Waals surface area contributed by atoms with Crippen LogP contribution in [-0.4, -0.2) is 55.7 Å². The van der Waals surface area contributed by atoms with Gasteiger partial charge < -0.3 is 10.2 Å². The molecule has 3 aromatic rings. The average molecular weight is 499 g/mol. The second-order valence-electron chi connectivity index (χ2n) is 9.22. The van der Waals surface area contributed by atoms with Gasteiger partial charge >= 0.3 is 0 Å². The van der Waals surface area contributed by atoms with Crippen molar-refractivity contribution in [2.24, 2.45) is 0 Å². The van der Waals surface area contributed by atoms with E-state index in [1.54, 1.807) is 6.07 Å². The zero-order valence-corrected chi connectivity index (χ0v) is 21.1. The molecule has 34 heavy (non-hydrogen) atoms. The van der Waals surface area contributed by atoms with Crippen LogP contribution >= 0.6 is 23.2 Å². The summed E-state index contributed by atoms with van der Waals surface area (Å²) in [6, 6.07) is 5.41. The number of aromatic nitrogens is 4. The van der Waals surface area contributed by atoms with E-state index in [9.17, 15) is 4.79 Å². The molecule has 1 amide bonds. The third-order valence-electron chi connectivity index (χ3n) is 6.90. The summed E-state index contributed by atoms with van der Waals surface area (Å²) in [6.07, 6.45) is 6.64. The summed E-state index contributed by atoms with van der Waals surface area (Å²) in [5.74, 6) is 0.198. The maximum Gasteiger partial charge on any atom is 0.240 e. The van der Waals surface area contributed by atoms with Crippen molar-refractivity contribution in [3.05, 3.63) is 57.5 Å². The molecule has 1 fully saturated rings. The van der Waals surface area contributed by atoms with Crippen LogP contribution < -0.4 is 5.32 Å². The Labute approximate surface area is 209 Å². The van der Waals surface area contributed by atoms with E-state index in [0.29, 0.717) is 16.6 Å². The quantitative estimate of drug-likeness (QED) is 0.558. The number of rotatable bonds is 4. The van der Waals surface area contributed by atoms with Crippen molar-refractivity contribution in [3.8, 4) is 0 Å². The van der Waals surface area contributed by atoms with E-state index in [2.05, 4.69) is 18.3 Å². The Morgan fingerprint density at radius 1 is 1.29 bits per heavy atom. The first-order valence-electron chi connectivity index (χ1n) is 11.7. The van der Waals surface area contributed by atoms with Crippen molar-refractivity contribution in [1.29, 1.82) is 0 Å². The minimum atomic E-state index is -0.142. The normalized spacial score (nSPS) is 21.7. The van der Waals surface area contributed by atoms with Crippen LogP contribution in [0, 0.1) is 6.92 Å². The van der Waals surface area contributed by atoms with Gasteiger partial charge in [0.25, 0.3) is 0 Å². The summed E-state index contributed by atoms with van der Waals surface area (Å²) in [5.41, 5.74) is 5.15. The van der Waals surface area contributed by atoms with E-state index < -0.39 is 0 Å². The molecule has 0 radical (unpaired) electrons. The van der Waals surface area contributed by atoms with Gasteiger partial charge in [-0.1, -0.05) is 35.3 Å². The molecule has 2 aliphatic heterocycles. The first kappa shape index (κ1) is 23.3. The fourth-order valence-corrected chi connectivity index (χ4v) is 5.53. The molecule has 0 bridgehead atoms. The second-order valence-corrected chi connectivity index (χ2v) is 10.1. The summed E-state index contributed by atoms with van der Waals surface area (Å²) < 4.78 is 1.88. The van der Waals surface area contributed by atoms with Crippen molar-refractivity contribution in [2.45, 2.75) is 58.2 Å². The molecule has 2 aromatic heterocycles. The molecule has 4 heterocycles. The number of benzene rings is 1. The Morgan fingerprint density at radius 2 is 2.12 bits per heavy atom. The molecule has 0 saturated carbocycles. The van der Waals surface area contributed by atoms with Crippen LogP contribution in [0.4, 0.5) is 0 Å². The van der Waals surface area contributed by atoms with Crippen molar-refractivity contribution >= 4 is 45.8 Å². The number of halogens is 2. The number of hydrogen-bond acceptors (Lipinski definition) is 5. The molecule has 1 unspecified atom stereocenters. The van der Waals surface area contributed by atoms with Crippen molar-refractivity contribution in [3.63, 3.8) is 0 Å². The lowest BCUT2D eigenvalue weighted by molar-refractivity contribution is -0.134. The summed E-state index contributed by atoms with van der Waals surface area (Å²) in [4.78, 5) is 24.6. The minimum Gasteiger partial charge on any atom is -0.335 e. The van der Waals surface area contributed by atoms with Gasteiger partial charge in [0.1, 0.15) is 5.52 Å².